The highest BCUT2D eigenvalue weighted by Crippen LogP contribution is 2.37. The van der Waals surface area contributed by atoms with E-state index in [4.69, 9.17) is 9.26 Å². The number of amides is 1. The first-order valence-corrected chi connectivity index (χ1v) is 10.1. The van der Waals surface area contributed by atoms with E-state index >= 15 is 0 Å². The van der Waals surface area contributed by atoms with Gasteiger partial charge in [0.15, 0.2) is 11.4 Å². The molecule has 0 radical (unpaired) electrons. The Bertz CT molecular complexity index is 968. The van der Waals surface area contributed by atoms with E-state index in [2.05, 4.69) is 10.5 Å². The summed E-state index contributed by atoms with van der Waals surface area (Å²) in [4.78, 5) is 26.5. The summed E-state index contributed by atoms with van der Waals surface area (Å²) in [5.74, 6) is -0.479. The zero-order valence-electron chi connectivity index (χ0n) is 16.8. The van der Waals surface area contributed by atoms with Crippen molar-refractivity contribution in [2.75, 3.05) is 5.32 Å². The summed E-state index contributed by atoms with van der Waals surface area (Å²) in [7, 11) is 0. The van der Waals surface area contributed by atoms with Crippen LogP contribution in [0, 0.1) is 6.92 Å². The molecule has 1 heterocycles. The number of carbonyl (C=O) groups excluding carboxylic acids is 2. The Morgan fingerprint density at radius 3 is 2.07 bits per heavy atom. The smallest absolute Gasteiger partial charge is 0.318 e. The number of ether oxygens (including phenoxy) is 1. The molecule has 0 unspecified atom stereocenters. The second kappa shape index (κ2) is 8.53. The number of nitrogens with zero attached hydrogens (tertiary/aromatic N) is 1. The molecule has 4 rings (SSSR count). The molecule has 0 bridgehead atoms. The lowest BCUT2D eigenvalue weighted by molar-refractivity contribution is -0.166. The van der Waals surface area contributed by atoms with Crippen molar-refractivity contribution in [2.24, 2.45) is 0 Å². The summed E-state index contributed by atoms with van der Waals surface area (Å²) < 4.78 is 11.0. The van der Waals surface area contributed by atoms with Crippen molar-refractivity contribution in [3.63, 3.8) is 0 Å². The van der Waals surface area contributed by atoms with E-state index in [9.17, 15) is 9.59 Å². The van der Waals surface area contributed by atoms with Gasteiger partial charge in [0.1, 0.15) is 11.7 Å². The zero-order valence-corrected chi connectivity index (χ0v) is 16.8. The first-order chi connectivity index (χ1) is 14.6. The number of benzene rings is 2. The number of nitrogens with one attached hydrogen (secondary N) is 1. The summed E-state index contributed by atoms with van der Waals surface area (Å²) in [5, 5.41) is 6.57. The molecule has 6 heteroatoms. The van der Waals surface area contributed by atoms with Crippen molar-refractivity contribution in [1.29, 1.82) is 0 Å². The number of hydrogen-bond donors (Lipinski definition) is 1. The molecule has 1 N–H and O–H groups in total. The molecule has 0 atom stereocenters. The van der Waals surface area contributed by atoms with Gasteiger partial charge in [0, 0.05) is 6.07 Å². The van der Waals surface area contributed by atoms with E-state index < -0.39 is 17.5 Å². The topological polar surface area (TPSA) is 81.4 Å². The lowest BCUT2D eigenvalue weighted by Crippen LogP contribution is -2.45. The van der Waals surface area contributed by atoms with E-state index in [1.165, 1.54) is 0 Å². The monoisotopic (exact) mass is 404 g/mol. The minimum atomic E-state index is -1.20. The van der Waals surface area contributed by atoms with Gasteiger partial charge < -0.3 is 14.6 Å². The molecule has 0 saturated heterocycles. The summed E-state index contributed by atoms with van der Waals surface area (Å²) >= 11 is 0. The van der Waals surface area contributed by atoms with Crippen LogP contribution in [-0.4, -0.2) is 22.6 Å². The summed E-state index contributed by atoms with van der Waals surface area (Å²) in [6, 6.07) is 20.6. The molecule has 1 amide bonds. The van der Waals surface area contributed by atoms with Gasteiger partial charge in [-0.2, -0.15) is 0 Å². The maximum atomic E-state index is 13.4. The van der Waals surface area contributed by atoms with Gasteiger partial charge in [0.2, 0.25) is 0 Å². The minimum absolute atomic E-state index is 0.322. The Kier molecular flexibility index (Phi) is 5.65. The van der Waals surface area contributed by atoms with Gasteiger partial charge in [-0.15, -0.1) is 0 Å². The van der Waals surface area contributed by atoms with Gasteiger partial charge in [-0.05, 0) is 43.7 Å². The zero-order chi connectivity index (χ0) is 21.0. The van der Waals surface area contributed by atoms with Gasteiger partial charge in [0.25, 0.3) is 5.91 Å². The van der Waals surface area contributed by atoms with Crippen LogP contribution in [-0.2, 0) is 14.3 Å². The third-order valence-electron chi connectivity index (χ3n) is 5.49. The van der Waals surface area contributed by atoms with Gasteiger partial charge >= 0.3 is 5.97 Å². The van der Waals surface area contributed by atoms with Crippen LogP contribution in [0.5, 0.6) is 0 Å². The first kappa shape index (κ1) is 19.9. The molecule has 154 valence electrons. The standard InChI is InChI=1S/C24H24N2O4/c1-17-16-20(26-30-17)25-23(28)24(14-8-9-15-24)29-22(27)21(18-10-4-2-5-11-18)19-12-6-3-7-13-19/h2-7,10-13,16,21H,8-9,14-15H2,1H3,(H,25,26,28). The Morgan fingerprint density at radius 2 is 1.57 bits per heavy atom. The second-order valence-electron chi connectivity index (χ2n) is 7.65. The molecule has 0 aliphatic heterocycles. The van der Waals surface area contributed by atoms with Crippen LogP contribution in [0.15, 0.2) is 71.3 Å². The van der Waals surface area contributed by atoms with Gasteiger partial charge in [0.05, 0.1) is 0 Å². The van der Waals surface area contributed by atoms with Crippen molar-refractivity contribution in [3.8, 4) is 0 Å². The van der Waals surface area contributed by atoms with Crippen LogP contribution in [0.4, 0.5) is 5.82 Å². The number of aryl methyl sites for hydroxylation is 1. The van der Waals surface area contributed by atoms with Crippen molar-refractivity contribution in [2.45, 2.75) is 44.1 Å². The normalized spacial score (nSPS) is 15.1. The summed E-state index contributed by atoms with van der Waals surface area (Å²) in [6.45, 7) is 1.75. The van der Waals surface area contributed by atoms with Crippen LogP contribution in [0.25, 0.3) is 0 Å². The van der Waals surface area contributed by atoms with Crippen molar-refractivity contribution in [3.05, 3.63) is 83.6 Å². The van der Waals surface area contributed by atoms with E-state index in [0.717, 1.165) is 24.0 Å². The van der Waals surface area contributed by atoms with Crippen LogP contribution in [0.1, 0.15) is 48.5 Å². The third kappa shape index (κ3) is 4.13. The highest BCUT2D eigenvalue weighted by molar-refractivity contribution is 5.98. The molecule has 6 nitrogen and oxygen atoms in total. The Hall–Kier alpha value is -3.41. The van der Waals surface area contributed by atoms with Crippen molar-refractivity contribution >= 4 is 17.7 Å². The van der Waals surface area contributed by atoms with Crippen molar-refractivity contribution < 1.29 is 18.8 Å². The van der Waals surface area contributed by atoms with E-state index in [1.54, 1.807) is 13.0 Å². The Balaban J connectivity index is 1.61. The molecule has 1 fully saturated rings. The Labute approximate surface area is 175 Å². The SMILES string of the molecule is Cc1cc(NC(=O)C2(OC(=O)C(c3ccccc3)c3ccccc3)CCCC2)no1. The fourth-order valence-corrected chi connectivity index (χ4v) is 3.98. The van der Waals surface area contributed by atoms with Crippen LogP contribution in [0.2, 0.25) is 0 Å². The highest BCUT2D eigenvalue weighted by atomic mass is 16.6. The second-order valence-corrected chi connectivity index (χ2v) is 7.65. The third-order valence-corrected chi connectivity index (χ3v) is 5.49. The fourth-order valence-electron chi connectivity index (χ4n) is 3.98. The first-order valence-electron chi connectivity index (χ1n) is 10.1. The Morgan fingerprint density at radius 1 is 1.00 bits per heavy atom. The molecule has 1 aromatic heterocycles. The van der Waals surface area contributed by atoms with Gasteiger partial charge in [-0.25, -0.2) is 0 Å². The number of rotatable bonds is 6. The summed E-state index contributed by atoms with van der Waals surface area (Å²) in [6.07, 6.45) is 2.61. The van der Waals surface area contributed by atoms with Crippen LogP contribution >= 0.6 is 0 Å². The van der Waals surface area contributed by atoms with Gasteiger partial charge in [-0.3, -0.25) is 9.59 Å². The average Bonchev–Trinajstić information content (AvgIpc) is 3.39. The predicted octanol–water partition coefficient (Wildman–Crippen LogP) is 4.61. The maximum Gasteiger partial charge on any atom is 0.318 e. The average molecular weight is 404 g/mol. The number of anilines is 1. The van der Waals surface area contributed by atoms with Crippen molar-refractivity contribution in [1.82, 2.24) is 5.16 Å². The minimum Gasteiger partial charge on any atom is -0.448 e. The molecule has 1 aliphatic carbocycles. The van der Waals surface area contributed by atoms with Gasteiger partial charge in [-0.1, -0.05) is 65.8 Å². The predicted molar refractivity (Wildman–Crippen MR) is 112 cm³/mol. The maximum absolute atomic E-state index is 13.4. The van der Waals surface area contributed by atoms with Crippen LogP contribution in [0.3, 0.4) is 0 Å². The quantitative estimate of drug-likeness (QED) is 0.607. The highest BCUT2D eigenvalue weighted by Gasteiger charge is 2.46. The number of hydrogen-bond acceptors (Lipinski definition) is 5. The fraction of sp³-hybridized carbons (Fsp3) is 0.292. The number of carbonyl (C=O) groups is 2. The summed E-state index contributed by atoms with van der Waals surface area (Å²) in [5.41, 5.74) is 0.454. The molecule has 3 aromatic rings. The lowest BCUT2D eigenvalue weighted by atomic mass is 9.91. The molecular formula is C24H24N2O4. The molecule has 2 aromatic carbocycles. The number of aromatic nitrogens is 1. The molecule has 0 spiro atoms. The molecule has 1 aliphatic rings. The van der Waals surface area contributed by atoms with E-state index in [0.29, 0.717) is 24.4 Å². The van der Waals surface area contributed by atoms with E-state index in [1.807, 2.05) is 60.7 Å². The largest absolute Gasteiger partial charge is 0.448 e. The van der Waals surface area contributed by atoms with Crippen LogP contribution < -0.4 is 5.32 Å². The lowest BCUT2D eigenvalue weighted by Gasteiger charge is -2.29. The molecular weight excluding hydrogens is 380 g/mol. The number of esters is 1. The van der Waals surface area contributed by atoms with E-state index in [-0.39, 0.29) is 5.91 Å². The molecule has 30 heavy (non-hydrogen) atoms. The molecule has 1 saturated carbocycles.